The quantitative estimate of drug-likeness (QED) is 0.641. The molecule has 0 spiro atoms. The van der Waals surface area contributed by atoms with Crippen LogP contribution >= 0.6 is 0 Å². The van der Waals surface area contributed by atoms with E-state index in [2.05, 4.69) is 43.0 Å². The smallest absolute Gasteiger partial charge is 0.220 e. The zero-order valence-electron chi connectivity index (χ0n) is 16.8. The van der Waals surface area contributed by atoms with Gasteiger partial charge in [0.05, 0.1) is 17.4 Å². The number of imidazole rings is 1. The Bertz CT molecular complexity index is 915. The second kappa shape index (κ2) is 9.65. The average Bonchev–Trinajstić information content (AvgIpc) is 3.19. The third kappa shape index (κ3) is 5.41. The highest BCUT2D eigenvalue weighted by molar-refractivity contribution is 5.76. The van der Waals surface area contributed by atoms with Crippen molar-refractivity contribution in [2.45, 2.75) is 32.2 Å². The number of amides is 1. The Labute approximate surface area is 172 Å². The second-order valence-electron chi connectivity index (χ2n) is 7.88. The van der Waals surface area contributed by atoms with E-state index in [1.165, 1.54) is 5.52 Å². The summed E-state index contributed by atoms with van der Waals surface area (Å²) in [6.45, 7) is 5.01. The van der Waals surface area contributed by atoms with Crippen LogP contribution in [0.15, 0.2) is 55.1 Å². The number of carbonyl (C=O) groups excluding carboxylic acids is 1. The fourth-order valence-electron chi connectivity index (χ4n) is 4.00. The van der Waals surface area contributed by atoms with Crippen molar-refractivity contribution >= 4 is 16.9 Å². The second-order valence-corrected chi connectivity index (χ2v) is 7.88. The molecule has 0 atom stereocenters. The van der Waals surface area contributed by atoms with Crippen LogP contribution in [0.3, 0.4) is 0 Å². The number of pyridine rings is 1. The summed E-state index contributed by atoms with van der Waals surface area (Å²) in [7, 11) is 0. The lowest BCUT2D eigenvalue weighted by Crippen LogP contribution is -2.39. The molecule has 0 saturated carbocycles. The molecule has 1 aliphatic rings. The number of likely N-dealkylation sites (tertiary alicyclic amines) is 1. The summed E-state index contributed by atoms with van der Waals surface area (Å²) in [4.78, 5) is 23.2. The molecule has 1 aromatic carbocycles. The minimum Gasteiger partial charge on any atom is -0.356 e. The Hall–Kier alpha value is -2.73. The van der Waals surface area contributed by atoms with Crippen molar-refractivity contribution in [2.75, 3.05) is 26.2 Å². The van der Waals surface area contributed by atoms with Gasteiger partial charge >= 0.3 is 0 Å². The third-order valence-corrected chi connectivity index (χ3v) is 5.84. The molecule has 0 bridgehead atoms. The lowest BCUT2D eigenvalue weighted by molar-refractivity contribution is -0.121. The number of rotatable bonds is 8. The predicted octanol–water partition coefficient (Wildman–Crippen LogP) is 2.89. The fourth-order valence-corrected chi connectivity index (χ4v) is 4.00. The molecule has 1 aliphatic heterocycles. The third-order valence-electron chi connectivity index (χ3n) is 5.84. The number of aryl methyl sites for hydroxylation is 1. The largest absolute Gasteiger partial charge is 0.356 e. The number of fused-ring (bicyclic) bond motifs is 1. The van der Waals surface area contributed by atoms with Crippen LogP contribution in [-0.4, -0.2) is 51.5 Å². The highest BCUT2D eigenvalue weighted by Crippen LogP contribution is 2.17. The molecule has 0 unspecified atom stereocenters. The maximum Gasteiger partial charge on any atom is 0.220 e. The van der Waals surface area contributed by atoms with E-state index in [4.69, 9.17) is 0 Å². The van der Waals surface area contributed by atoms with Gasteiger partial charge in [0.2, 0.25) is 5.91 Å². The minimum atomic E-state index is 0.142. The van der Waals surface area contributed by atoms with Gasteiger partial charge in [-0.3, -0.25) is 9.78 Å². The number of hydrogen-bond donors (Lipinski definition) is 1. The Balaban J connectivity index is 1.14. The number of carbonyl (C=O) groups is 1. The van der Waals surface area contributed by atoms with Crippen LogP contribution in [0, 0.1) is 5.92 Å². The number of piperidine rings is 1. The molecule has 0 radical (unpaired) electrons. The van der Waals surface area contributed by atoms with Crippen LogP contribution in [0.4, 0.5) is 0 Å². The normalized spacial score (nSPS) is 15.6. The SMILES string of the molecule is O=C(CCc1cccnc1)NCC1CCN(CCn2cnc3ccccc32)CC1. The topological polar surface area (TPSA) is 63.1 Å². The molecule has 6 nitrogen and oxygen atoms in total. The maximum absolute atomic E-state index is 12.1. The first-order valence-electron chi connectivity index (χ1n) is 10.6. The molecule has 1 fully saturated rings. The van der Waals surface area contributed by atoms with Gasteiger partial charge in [0.15, 0.2) is 0 Å². The van der Waals surface area contributed by atoms with Gasteiger partial charge in [0.1, 0.15) is 0 Å². The van der Waals surface area contributed by atoms with Crippen molar-refractivity contribution < 1.29 is 4.79 Å². The molecule has 1 saturated heterocycles. The predicted molar refractivity (Wildman–Crippen MR) is 114 cm³/mol. The van der Waals surface area contributed by atoms with Crippen molar-refractivity contribution in [3.8, 4) is 0 Å². The van der Waals surface area contributed by atoms with E-state index in [0.29, 0.717) is 12.3 Å². The van der Waals surface area contributed by atoms with E-state index in [1.54, 1.807) is 6.20 Å². The van der Waals surface area contributed by atoms with Crippen LogP contribution in [0.25, 0.3) is 11.0 Å². The molecule has 3 heterocycles. The zero-order valence-corrected chi connectivity index (χ0v) is 16.8. The first kappa shape index (κ1) is 19.6. The summed E-state index contributed by atoms with van der Waals surface area (Å²) >= 11 is 0. The van der Waals surface area contributed by atoms with Gasteiger partial charge in [0, 0.05) is 38.4 Å². The van der Waals surface area contributed by atoms with Crippen LogP contribution in [0.2, 0.25) is 0 Å². The number of aromatic nitrogens is 3. The van der Waals surface area contributed by atoms with Gasteiger partial charge in [-0.05, 0) is 62.0 Å². The van der Waals surface area contributed by atoms with E-state index in [1.807, 2.05) is 30.7 Å². The Morgan fingerprint density at radius 1 is 1.10 bits per heavy atom. The summed E-state index contributed by atoms with van der Waals surface area (Å²) in [5.74, 6) is 0.728. The number of nitrogens with one attached hydrogen (secondary N) is 1. The molecule has 29 heavy (non-hydrogen) atoms. The average molecular weight is 392 g/mol. The summed E-state index contributed by atoms with van der Waals surface area (Å²) in [5.41, 5.74) is 3.38. The highest BCUT2D eigenvalue weighted by Gasteiger charge is 2.19. The van der Waals surface area contributed by atoms with Crippen LogP contribution < -0.4 is 5.32 Å². The molecule has 2 aromatic heterocycles. The first-order chi connectivity index (χ1) is 14.3. The molecule has 1 N–H and O–H groups in total. The first-order valence-corrected chi connectivity index (χ1v) is 10.6. The Morgan fingerprint density at radius 2 is 1.97 bits per heavy atom. The molecule has 6 heteroatoms. The van der Waals surface area contributed by atoms with Crippen LogP contribution in [-0.2, 0) is 17.8 Å². The summed E-state index contributed by atoms with van der Waals surface area (Å²) in [6, 6.07) is 12.2. The molecule has 4 rings (SSSR count). The fraction of sp³-hybridized carbons (Fsp3) is 0.435. The maximum atomic E-state index is 12.1. The lowest BCUT2D eigenvalue weighted by Gasteiger charge is -2.32. The van der Waals surface area contributed by atoms with Crippen molar-refractivity contribution in [3.05, 3.63) is 60.7 Å². The summed E-state index contributed by atoms with van der Waals surface area (Å²) in [5, 5.41) is 3.12. The zero-order chi connectivity index (χ0) is 19.9. The highest BCUT2D eigenvalue weighted by atomic mass is 16.1. The van der Waals surface area contributed by atoms with E-state index >= 15 is 0 Å². The summed E-state index contributed by atoms with van der Waals surface area (Å²) in [6.07, 6.45) is 9.10. The van der Waals surface area contributed by atoms with Gasteiger partial charge in [-0.1, -0.05) is 18.2 Å². The number of nitrogens with zero attached hydrogens (tertiary/aromatic N) is 4. The van der Waals surface area contributed by atoms with Crippen LogP contribution in [0.1, 0.15) is 24.8 Å². The summed E-state index contributed by atoms with van der Waals surface area (Å²) < 4.78 is 2.24. The molecular formula is C23H29N5O. The van der Waals surface area contributed by atoms with E-state index in [-0.39, 0.29) is 5.91 Å². The van der Waals surface area contributed by atoms with E-state index < -0.39 is 0 Å². The van der Waals surface area contributed by atoms with Crippen molar-refractivity contribution in [1.82, 2.24) is 24.8 Å². The molecule has 3 aromatic rings. The Kier molecular flexibility index (Phi) is 6.52. The van der Waals surface area contributed by atoms with Crippen molar-refractivity contribution in [3.63, 3.8) is 0 Å². The van der Waals surface area contributed by atoms with Crippen molar-refractivity contribution in [2.24, 2.45) is 5.92 Å². The van der Waals surface area contributed by atoms with Gasteiger partial charge in [0.25, 0.3) is 0 Å². The monoisotopic (exact) mass is 391 g/mol. The molecule has 1 amide bonds. The van der Waals surface area contributed by atoms with Gasteiger partial charge in [-0.25, -0.2) is 4.98 Å². The van der Waals surface area contributed by atoms with Gasteiger partial charge < -0.3 is 14.8 Å². The van der Waals surface area contributed by atoms with Gasteiger partial charge in [-0.2, -0.15) is 0 Å². The lowest BCUT2D eigenvalue weighted by atomic mass is 9.96. The van der Waals surface area contributed by atoms with E-state index in [9.17, 15) is 4.79 Å². The number of hydrogen-bond acceptors (Lipinski definition) is 4. The van der Waals surface area contributed by atoms with E-state index in [0.717, 1.165) is 63.1 Å². The molecule has 152 valence electrons. The standard InChI is InChI=1S/C23H29N5O/c29-23(8-7-19-4-3-11-24-16-19)25-17-20-9-12-27(13-10-20)14-15-28-18-26-21-5-1-2-6-22(21)28/h1-6,11,16,18,20H,7-10,12-15,17H2,(H,25,29). The molecular weight excluding hydrogens is 362 g/mol. The van der Waals surface area contributed by atoms with Crippen LogP contribution in [0.5, 0.6) is 0 Å². The number of para-hydroxylation sites is 2. The molecule has 0 aliphatic carbocycles. The van der Waals surface area contributed by atoms with Crippen molar-refractivity contribution in [1.29, 1.82) is 0 Å². The van der Waals surface area contributed by atoms with Gasteiger partial charge in [-0.15, -0.1) is 0 Å². The number of benzene rings is 1. The minimum absolute atomic E-state index is 0.142. The Morgan fingerprint density at radius 3 is 2.79 bits per heavy atom.